The minimum absolute atomic E-state index is 0.0862. The molecule has 0 aliphatic carbocycles. The predicted molar refractivity (Wildman–Crippen MR) is 139 cm³/mol. The van der Waals surface area contributed by atoms with Crippen LogP contribution in [0.4, 0.5) is 11.8 Å². The van der Waals surface area contributed by atoms with Gasteiger partial charge >= 0.3 is 0 Å². The van der Waals surface area contributed by atoms with Crippen molar-refractivity contribution in [1.29, 1.82) is 0 Å². The average Bonchev–Trinajstić information content (AvgIpc) is 3.15. The Morgan fingerprint density at radius 2 is 2.00 bits per heavy atom. The largest absolute Gasteiger partial charge is 0.496 e. The molecule has 1 atom stereocenters. The topological polar surface area (TPSA) is 126 Å². The number of nitrogen functional groups attached to an aromatic ring is 1. The summed E-state index contributed by atoms with van der Waals surface area (Å²) in [6.45, 7) is 9.74. The van der Waals surface area contributed by atoms with Crippen LogP contribution in [0.15, 0.2) is 18.2 Å². The summed E-state index contributed by atoms with van der Waals surface area (Å²) < 4.78 is 7.63. The Morgan fingerprint density at radius 1 is 1.20 bits per heavy atom. The highest BCUT2D eigenvalue weighted by molar-refractivity contribution is 5.88. The zero-order valence-corrected chi connectivity index (χ0v) is 21.0. The lowest BCUT2D eigenvalue weighted by molar-refractivity contribution is 0.233. The summed E-state index contributed by atoms with van der Waals surface area (Å²) in [7, 11) is 1.70. The van der Waals surface area contributed by atoms with Gasteiger partial charge in [-0.2, -0.15) is 10.1 Å². The van der Waals surface area contributed by atoms with Gasteiger partial charge in [0.05, 0.1) is 19.3 Å². The van der Waals surface area contributed by atoms with Crippen molar-refractivity contribution in [1.82, 2.24) is 30.0 Å². The average molecular weight is 483 g/mol. The number of ether oxygens (including phenoxy) is 1. The Morgan fingerprint density at radius 3 is 2.71 bits per heavy atom. The molecule has 1 aliphatic heterocycles. The molecule has 0 amide bonds. The van der Waals surface area contributed by atoms with Gasteiger partial charge in [0.25, 0.3) is 0 Å². The van der Waals surface area contributed by atoms with Gasteiger partial charge in [-0.3, -0.25) is 9.58 Å². The molecule has 0 radical (unpaired) electrons. The number of nitrogens with zero attached hydrogens (tertiary/aromatic N) is 5. The van der Waals surface area contributed by atoms with Crippen LogP contribution < -0.4 is 21.1 Å². The predicted octanol–water partition coefficient (Wildman–Crippen LogP) is 2.14. The molecule has 0 unspecified atom stereocenters. The van der Waals surface area contributed by atoms with E-state index in [1.807, 2.05) is 17.7 Å². The molecule has 0 spiro atoms. The van der Waals surface area contributed by atoms with Crippen molar-refractivity contribution in [3.05, 3.63) is 35.0 Å². The molecule has 2 aromatic heterocycles. The molecule has 35 heavy (non-hydrogen) atoms. The van der Waals surface area contributed by atoms with Crippen molar-refractivity contribution in [2.24, 2.45) is 0 Å². The van der Waals surface area contributed by atoms with Gasteiger partial charge in [-0.1, -0.05) is 19.4 Å². The summed E-state index contributed by atoms with van der Waals surface area (Å²) in [5.41, 5.74) is 10.7. The fourth-order valence-corrected chi connectivity index (χ4v) is 4.79. The van der Waals surface area contributed by atoms with Gasteiger partial charge in [-0.25, -0.2) is 4.98 Å². The van der Waals surface area contributed by atoms with E-state index in [9.17, 15) is 5.11 Å². The van der Waals surface area contributed by atoms with Gasteiger partial charge in [0.15, 0.2) is 5.82 Å². The summed E-state index contributed by atoms with van der Waals surface area (Å²) in [6, 6.07) is 6.47. The number of benzene rings is 1. The first-order valence-electron chi connectivity index (χ1n) is 12.5. The number of anilines is 2. The van der Waals surface area contributed by atoms with Crippen molar-refractivity contribution in [3.8, 4) is 5.75 Å². The van der Waals surface area contributed by atoms with Crippen LogP contribution >= 0.6 is 0 Å². The van der Waals surface area contributed by atoms with E-state index in [2.05, 4.69) is 44.6 Å². The standard InChI is InChI=1S/C25H38N8O2/c1-4-5-20(8-13-34)28-24-23-22(29-25(26)30-24)17(2)31-33(23)16-19-14-18(6-7-21(19)35-3)15-32-11-9-27-10-12-32/h6-7,14,20,27,34H,4-5,8-13,15-16H2,1-3H3,(H3,26,28,29,30)/t20-/m0/s1. The maximum atomic E-state index is 9.53. The molecule has 3 heterocycles. The molecule has 1 saturated heterocycles. The third kappa shape index (κ3) is 6.01. The van der Waals surface area contributed by atoms with Crippen molar-refractivity contribution in [3.63, 3.8) is 0 Å². The molecule has 1 aliphatic rings. The number of hydrogen-bond acceptors (Lipinski definition) is 9. The molecule has 1 fully saturated rings. The molecule has 190 valence electrons. The third-order valence-electron chi connectivity index (χ3n) is 6.51. The van der Waals surface area contributed by atoms with Crippen molar-refractivity contribution in [2.75, 3.05) is 50.9 Å². The number of aromatic nitrogens is 4. The number of nitrogens with two attached hydrogens (primary N) is 1. The molecule has 10 heteroatoms. The Bertz CT molecular complexity index is 1120. The van der Waals surface area contributed by atoms with Crippen LogP contribution in [0.25, 0.3) is 11.0 Å². The van der Waals surface area contributed by atoms with Crippen LogP contribution in [-0.4, -0.2) is 75.7 Å². The lowest BCUT2D eigenvalue weighted by Gasteiger charge is -2.27. The van der Waals surface area contributed by atoms with E-state index in [1.54, 1.807) is 7.11 Å². The highest BCUT2D eigenvalue weighted by atomic mass is 16.5. The van der Waals surface area contributed by atoms with E-state index in [0.29, 0.717) is 18.8 Å². The zero-order chi connectivity index (χ0) is 24.8. The molecular formula is C25H38N8O2. The van der Waals surface area contributed by atoms with E-state index >= 15 is 0 Å². The number of rotatable bonds is 11. The summed E-state index contributed by atoms with van der Waals surface area (Å²) in [6.07, 6.45) is 2.55. The monoisotopic (exact) mass is 482 g/mol. The summed E-state index contributed by atoms with van der Waals surface area (Å²) in [4.78, 5) is 11.5. The smallest absolute Gasteiger partial charge is 0.222 e. The first-order valence-corrected chi connectivity index (χ1v) is 12.5. The first-order chi connectivity index (χ1) is 17.0. The second-order valence-electron chi connectivity index (χ2n) is 9.19. The lowest BCUT2D eigenvalue weighted by atomic mass is 10.1. The van der Waals surface area contributed by atoms with Gasteiger partial charge in [0.2, 0.25) is 5.95 Å². The van der Waals surface area contributed by atoms with Crippen LogP contribution in [0.1, 0.15) is 43.0 Å². The Labute approximate surface area is 206 Å². The lowest BCUT2D eigenvalue weighted by Crippen LogP contribution is -2.42. The molecular weight excluding hydrogens is 444 g/mol. The Kier molecular flexibility index (Phi) is 8.37. The summed E-state index contributed by atoms with van der Waals surface area (Å²) in [5, 5.41) is 21.2. The van der Waals surface area contributed by atoms with Crippen LogP contribution in [0.5, 0.6) is 5.75 Å². The maximum Gasteiger partial charge on any atom is 0.222 e. The zero-order valence-electron chi connectivity index (χ0n) is 21.0. The minimum atomic E-state index is 0.0862. The SMILES string of the molecule is CCC[C@@H](CCO)Nc1nc(N)nc2c(C)nn(Cc3cc(CN4CCNCC4)ccc3OC)c12. The van der Waals surface area contributed by atoms with Crippen LogP contribution in [0.3, 0.4) is 0 Å². The van der Waals surface area contributed by atoms with Gasteiger partial charge in [0, 0.05) is 50.9 Å². The first kappa shape index (κ1) is 25.2. The highest BCUT2D eigenvalue weighted by Gasteiger charge is 2.20. The van der Waals surface area contributed by atoms with E-state index in [4.69, 9.17) is 15.6 Å². The van der Waals surface area contributed by atoms with Crippen LogP contribution in [0, 0.1) is 6.92 Å². The van der Waals surface area contributed by atoms with Gasteiger partial charge < -0.3 is 26.2 Å². The maximum absolute atomic E-state index is 9.53. The molecule has 0 bridgehead atoms. The molecule has 3 aromatic rings. The third-order valence-corrected chi connectivity index (χ3v) is 6.51. The van der Waals surface area contributed by atoms with Gasteiger partial charge in [0.1, 0.15) is 16.8 Å². The second-order valence-corrected chi connectivity index (χ2v) is 9.19. The molecule has 5 N–H and O–H groups in total. The number of aryl methyl sites for hydroxylation is 1. The quantitative estimate of drug-likeness (QED) is 0.325. The fourth-order valence-electron chi connectivity index (χ4n) is 4.79. The van der Waals surface area contributed by atoms with Gasteiger partial charge in [-0.15, -0.1) is 0 Å². The van der Waals surface area contributed by atoms with E-state index in [0.717, 1.165) is 73.6 Å². The van der Waals surface area contributed by atoms with Crippen molar-refractivity contribution < 1.29 is 9.84 Å². The van der Waals surface area contributed by atoms with Gasteiger partial charge in [-0.05, 0) is 37.5 Å². The normalized spacial score (nSPS) is 15.4. The fraction of sp³-hybridized carbons (Fsp3) is 0.560. The molecule has 1 aromatic carbocycles. The molecule has 10 nitrogen and oxygen atoms in total. The summed E-state index contributed by atoms with van der Waals surface area (Å²) >= 11 is 0. The van der Waals surface area contributed by atoms with Crippen molar-refractivity contribution in [2.45, 2.75) is 52.2 Å². The molecule has 0 saturated carbocycles. The Hall–Kier alpha value is -2.95. The van der Waals surface area contributed by atoms with Crippen molar-refractivity contribution >= 4 is 22.8 Å². The number of aliphatic hydroxyl groups excluding tert-OH is 1. The number of fused-ring (bicyclic) bond motifs is 1. The number of hydrogen-bond donors (Lipinski definition) is 4. The van der Waals surface area contributed by atoms with Crippen LogP contribution in [-0.2, 0) is 13.1 Å². The van der Waals surface area contributed by atoms with E-state index in [1.165, 1.54) is 5.56 Å². The number of nitrogens with one attached hydrogen (secondary N) is 2. The van der Waals surface area contributed by atoms with Crippen LogP contribution in [0.2, 0.25) is 0 Å². The minimum Gasteiger partial charge on any atom is -0.496 e. The van der Waals surface area contributed by atoms with E-state index in [-0.39, 0.29) is 18.6 Å². The Balaban J connectivity index is 1.68. The second kappa shape index (κ2) is 11.7. The number of methoxy groups -OCH3 is 1. The molecule has 4 rings (SSSR count). The number of piperazine rings is 1. The summed E-state index contributed by atoms with van der Waals surface area (Å²) in [5.74, 6) is 1.68. The van der Waals surface area contributed by atoms with E-state index < -0.39 is 0 Å². The highest BCUT2D eigenvalue weighted by Crippen LogP contribution is 2.29. The number of aliphatic hydroxyl groups is 1.